The molecule has 1 N–H and O–H groups in total. The van der Waals surface area contributed by atoms with Crippen LogP contribution in [0.5, 0.6) is 0 Å². The second kappa shape index (κ2) is 6.43. The number of hydrogen-bond acceptors (Lipinski definition) is 2. The molecule has 0 atom stereocenters. The third kappa shape index (κ3) is 3.89. The van der Waals surface area contributed by atoms with Crippen LogP contribution in [-0.2, 0) is 11.2 Å². The van der Waals surface area contributed by atoms with Gasteiger partial charge in [-0.25, -0.2) is 4.39 Å². The van der Waals surface area contributed by atoms with Crippen molar-refractivity contribution in [2.75, 3.05) is 13.1 Å². The summed E-state index contributed by atoms with van der Waals surface area (Å²) in [6, 6.07) is 4.74. The molecule has 1 aromatic rings. The molecule has 1 saturated heterocycles. The summed E-state index contributed by atoms with van der Waals surface area (Å²) in [4.78, 5) is 11.9. The number of halogens is 2. The van der Waals surface area contributed by atoms with Crippen molar-refractivity contribution in [2.45, 2.75) is 25.7 Å². The molecule has 2 rings (SSSR count). The fourth-order valence-electron chi connectivity index (χ4n) is 2.37. The van der Waals surface area contributed by atoms with Gasteiger partial charge in [0.1, 0.15) is 11.6 Å². The SMILES string of the molecule is O=C(Cc1cc(Br)ccc1F)CC1CCNCC1. The van der Waals surface area contributed by atoms with Crippen molar-refractivity contribution in [3.8, 4) is 0 Å². The van der Waals surface area contributed by atoms with Crippen molar-refractivity contribution in [3.05, 3.63) is 34.1 Å². The average Bonchev–Trinajstić information content (AvgIpc) is 2.35. The van der Waals surface area contributed by atoms with Crippen molar-refractivity contribution in [1.29, 1.82) is 0 Å². The van der Waals surface area contributed by atoms with Crippen molar-refractivity contribution < 1.29 is 9.18 Å². The van der Waals surface area contributed by atoms with Crippen LogP contribution in [0.3, 0.4) is 0 Å². The molecule has 1 heterocycles. The maximum Gasteiger partial charge on any atom is 0.137 e. The molecule has 0 aliphatic carbocycles. The number of hydrogen-bond donors (Lipinski definition) is 1. The zero-order valence-electron chi connectivity index (χ0n) is 10.2. The summed E-state index contributed by atoms with van der Waals surface area (Å²) in [5.74, 6) is 0.310. The number of rotatable bonds is 4. The van der Waals surface area contributed by atoms with Gasteiger partial charge in [0, 0.05) is 17.3 Å². The third-order valence-corrected chi connectivity index (χ3v) is 3.86. The Bertz CT molecular complexity index is 430. The summed E-state index contributed by atoms with van der Waals surface area (Å²) in [6.07, 6.45) is 2.88. The molecule has 0 saturated carbocycles. The minimum absolute atomic E-state index is 0.138. The average molecular weight is 314 g/mol. The minimum Gasteiger partial charge on any atom is -0.317 e. The number of Topliss-reactive ketones (excluding diaryl/α,β-unsaturated/α-hetero) is 1. The number of carbonyl (C=O) groups is 1. The molecule has 1 aromatic carbocycles. The van der Waals surface area contributed by atoms with E-state index in [-0.39, 0.29) is 18.0 Å². The van der Waals surface area contributed by atoms with Crippen LogP contribution in [-0.4, -0.2) is 18.9 Å². The maximum atomic E-state index is 13.5. The van der Waals surface area contributed by atoms with Crippen LogP contribution in [0.4, 0.5) is 4.39 Å². The highest BCUT2D eigenvalue weighted by atomic mass is 79.9. The van der Waals surface area contributed by atoms with Crippen molar-refractivity contribution in [1.82, 2.24) is 5.32 Å². The number of piperidine rings is 1. The molecule has 0 radical (unpaired) electrons. The molecule has 0 amide bonds. The van der Waals surface area contributed by atoms with Gasteiger partial charge >= 0.3 is 0 Å². The molecular formula is C14H17BrFNO. The number of carbonyl (C=O) groups excluding carboxylic acids is 1. The van der Waals surface area contributed by atoms with E-state index >= 15 is 0 Å². The van der Waals surface area contributed by atoms with Crippen molar-refractivity contribution in [3.63, 3.8) is 0 Å². The van der Waals surface area contributed by atoms with E-state index in [4.69, 9.17) is 0 Å². The van der Waals surface area contributed by atoms with Gasteiger partial charge in [-0.3, -0.25) is 4.79 Å². The maximum absolute atomic E-state index is 13.5. The molecule has 1 aliphatic heterocycles. The largest absolute Gasteiger partial charge is 0.317 e. The van der Waals surface area contributed by atoms with Gasteiger partial charge < -0.3 is 5.32 Å². The first-order chi connectivity index (χ1) is 8.65. The lowest BCUT2D eigenvalue weighted by Gasteiger charge is -2.21. The molecule has 4 heteroatoms. The van der Waals surface area contributed by atoms with Gasteiger partial charge in [0.05, 0.1) is 0 Å². The van der Waals surface area contributed by atoms with Crippen LogP contribution >= 0.6 is 15.9 Å². The van der Waals surface area contributed by atoms with E-state index in [1.807, 2.05) is 0 Å². The highest BCUT2D eigenvalue weighted by molar-refractivity contribution is 9.10. The quantitative estimate of drug-likeness (QED) is 0.925. The lowest BCUT2D eigenvalue weighted by Crippen LogP contribution is -2.29. The van der Waals surface area contributed by atoms with Gasteiger partial charge in [-0.15, -0.1) is 0 Å². The van der Waals surface area contributed by atoms with Crippen LogP contribution in [0, 0.1) is 11.7 Å². The smallest absolute Gasteiger partial charge is 0.137 e. The molecule has 1 fully saturated rings. The Labute approximate surface area is 115 Å². The summed E-state index contributed by atoms with van der Waals surface area (Å²) in [5, 5.41) is 3.28. The fourth-order valence-corrected chi connectivity index (χ4v) is 2.78. The highest BCUT2D eigenvalue weighted by Gasteiger charge is 2.17. The second-order valence-corrected chi connectivity index (χ2v) is 5.76. The molecule has 98 valence electrons. The van der Waals surface area contributed by atoms with Gasteiger partial charge in [-0.05, 0) is 55.6 Å². The predicted molar refractivity (Wildman–Crippen MR) is 73.0 cm³/mol. The summed E-state index contributed by atoms with van der Waals surface area (Å²) < 4.78 is 14.3. The van der Waals surface area contributed by atoms with Crippen LogP contribution in [0.1, 0.15) is 24.8 Å². The Morgan fingerprint density at radius 1 is 1.39 bits per heavy atom. The van der Waals surface area contributed by atoms with E-state index in [1.165, 1.54) is 6.07 Å². The fraction of sp³-hybridized carbons (Fsp3) is 0.500. The molecule has 1 aliphatic rings. The molecule has 0 unspecified atom stereocenters. The van der Waals surface area contributed by atoms with Gasteiger partial charge in [0.15, 0.2) is 0 Å². The summed E-state index contributed by atoms with van der Waals surface area (Å²) in [6.45, 7) is 1.98. The zero-order valence-corrected chi connectivity index (χ0v) is 11.8. The van der Waals surface area contributed by atoms with Crippen LogP contribution < -0.4 is 5.32 Å². The standard InChI is InChI=1S/C14H17BrFNO/c15-12-1-2-14(16)11(8-12)9-13(18)7-10-3-5-17-6-4-10/h1-2,8,10,17H,3-7,9H2. The normalized spacial score (nSPS) is 16.8. The van der Waals surface area contributed by atoms with Gasteiger partial charge in [-0.2, -0.15) is 0 Å². The lowest BCUT2D eigenvalue weighted by atomic mass is 9.91. The lowest BCUT2D eigenvalue weighted by molar-refractivity contribution is -0.119. The minimum atomic E-state index is -0.295. The molecular weight excluding hydrogens is 297 g/mol. The molecule has 0 spiro atoms. The number of nitrogens with one attached hydrogen (secondary N) is 1. The first-order valence-corrected chi connectivity index (χ1v) is 7.11. The van der Waals surface area contributed by atoms with E-state index in [0.717, 1.165) is 30.4 Å². The van der Waals surface area contributed by atoms with E-state index in [1.54, 1.807) is 12.1 Å². The molecule has 18 heavy (non-hydrogen) atoms. The van der Waals surface area contributed by atoms with Gasteiger partial charge in [0.25, 0.3) is 0 Å². The Morgan fingerprint density at radius 2 is 2.11 bits per heavy atom. The number of ketones is 1. The monoisotopic (exact) mass is 313 g/mol. The first kappa shape index (κ1) is 13.7. The molecule has 2 nitrogen and oxygen atoms in total. The van der Waals surface area contributed by atoms with E-state index in [2.05, 4.69) is 21.2 Å². The Kier molecular flexibility index (Phi) is 4.89. The van der Waals surface area contributed by atoms with Gasteiger partial charge in [0.2, 0.25) is 0 Å². The second-order valence-electron chi connectivity index (χ2n) is 4.85. The van der Waals surface area contributed by atoms with Crippen LogP contribution in [0.15, 0.2) is 22.7 Å². The third-order valence-electron chi connectivity index (χ3n) is 3.37. The van der Waals surface area contributed by atoms with Gasteiger partial charge in [-0.1, -0.05) is 15.9 Å². The Balaban J connectivity index is 1.92. The van der Waals surface area contributed by atoms with E-state index in [0.29, 0.717) is 17.9 Å². The summed E-state index contributed by atoms with van der Waals surface area (Å²) in [7, 11) is 0. The first-order valence-electron chi connectivity index (χ1n) is 6.31. The highest BCUT2D eigenvalue weighted by Crippen LogP contribution is 2.20. The van der Waals surface area contributed by atoms with Crippen LogP contribution in [0.2, 0.25) is 0 Å². The number of benzene rings is 1. The predicted octanol–water partition coefficient (Wildman–Crippen LogP) is 3.09. The zero-order chi connectivity index (χ0) is 13.0. The molecule has 0 bridgehead atoms. The summed E-state index contributed by atoms with van der Waals surface area (Å²) in [5.41, 5.74) is 0.489. The molecule has 0 aromatic heterocycles. The summed E-state index contributed by atoms with van der Waals surface area (Å²) >= 11 is 3.30. The van der Waals surface area contributed by atoms with Crippen molar-refractivity contribution >= 4 is 21.7 Å². The van der Waals surface area contributed by atoms with E-state index < -0.39 is 0 Å². The van der Waals surface area contributed by atoms with Crippen LogP contribution in [0.25, 0.3) is 0 Å². The Hall–Kier alpha value is -0.740. The topological polar surface area (TPSA) is 29.1 Å². The Morgan fingerprint density at radius 3 is 2.83 bits per heavy atom. The van der Waals surface area contributed by atoms with Crippen molar-refractivity contribution in [2.24, 2.45) is 5.92 Å². The van der Waals surface area contributed by atoms with E-state index in [9.17, 15) is 9.18 Å².